The smallest absolute Gasteiger partial charge is 0.310 e. The van der Waals surface area contributed by atoms with Gasteiger partial charge in [-0.3, -0.25) is 4.79 Å². The van der Waals surface area contributed by atoms with Crippen molar-refractivity contribution in [3.05, 3.63) is 59.2 Å². The molecule has 0 spiro atoms. The topological polar surface area (TPSA) is 59.3 Å². The lowest BCUT2D eigenvalue weighted by molar-refractivity contribution is -0.153. The second-order valence-electron chi connectivity index (χ2n) is 6.39. The highest BCUT2D eigenvalue weighted by Gasteiger charge is 2.17. The van der Waals surface area contributed by atoms with E-state index < -0.39 is 23.2 Å². The van der Waals surface area contributed by atoms with Gasteiger partial charge in [0, 0.05) is 12.1 Å². The van der Waals surface area contributed by atoms with Gasteiger partial charge >= 0.3 is 5.97 Å². The predicted molar refractivity (Wildman–Crippen MR) is 87.1 cm³/mol. The van der Waals surface area contributed by atoms with Crippen LogP contribution in [0.5, 0.6) is 11.5 Å². The fourth-order valence-corrected chi connectivity index (χ4v) is 2.13. The summed E-state index contributed by atoms with van der Waals surface area (Å²) in [6.45, 7) is 5.31. The normalized spacial score (nSPS) is 10.9. The zero-order valence-electron chi connectivity index (χ0n) is 14.1. The summed E-state index contributed by atoms with van der Waals surface area (Å²) in [6, 6.07) is 9.64. The molecular weight excluding hydrogens is 328 g/mol. The number of hydrogen-bond donors (Lipinski definition) is 0. The number of ether oxygens (including phenoxy) is 2. The van der Waals surface area contributed by atoms with Gasteiger partial charge in [0.15, 0.2) is 5.75 Å². The van der Waals surface area contributed by atoms with Crippen molar-refractivity contribution >= 4 is 5.97 Å². The number of nitriles is 1. The predicted octanol–water partition coefficient (Wildman–Crippen LogP) is 4.51. The monoisotopic (exact) mass is 345 g/mol. The highest BCUT2D eigenvalue weighted by molar-refractivity contribution is 5.73. The molecule has 0 aliphatic carbocycles. The average Bonchev–Trinajstić information content (AvgIpc) is 2.45. The minimum absolute atomic E-state index is 0.0249. The van der Waals surface area contributed by atoms with E-state index >= 15 is 0 Å². The van der Waals surface area contributed by atoms with Crippen LogP contribution in [-0.4, -0.2) is 11.6 Å². The maximum atomic E-state index is 13.6. The third kappa shape index (κ3) is 5.28. The van der Waals surface area contributed by atoms with Crippen LogP contribution in [0, 0.1) is 23.0 Å². The van der Waals surface area contributed by atoms with Crippen LogP contribution < -0.4 is 4.74 Å². The van der Waals surface area contributed by atoms with Crippen LogP contribution in [0.3, 0.4) is 0 Å². The molecule has 4 nitrogen and oxygen atoms in total. The standard InChI is InChI=1S/C19H17F2NO3/c1-19(2,3)25-18(23)8-12-5-4-6-14(7-12)24-17-10-13(20)9-16(21)15(17)11-22/h4-7,9-10H,8H2,1-3H3. The van der Waals surface area contributed by atoms with E-state index in [2.05, 4.69) is 0 Å². The fourth-order valence-electron chi connectivity index (χ4n) is 2.13. The molecule has 0 heterocycles. The van der Waals surface area contributed by atoms with E-state index in [-0.39, 0.29) is 23.5 Å². The molecule has 0 unspecified atom stereocenters. The van der Waals surface area contributed by atoms with E-state index in [0.717, 1.165) is 6.07 Å². The van der Waals surface area contributed by atoms with Crippen LogP contribution in [0.4, 0.5) is 8.78 Å². The molecule has 0 atom stereocenters. The van der Waals surface area contributed by atoms with Crippen LogP contribution in [0.15, 0.2) is 36.4 Å². The second kappa shape index (κ2) is 7.31. The summed E-state index contributed by atoms with van der Waals surface area (Å²) in [7, 11) is 0. The van der Waals surface area contributed by atoms with E-state index in [0.29, 0.717) is 11.6 Å². The number of carbonyl (C=O) groups is 1. The van der Waals surface area contributed by atoms with Crippen LogP contribution in [0.25, 0.3) is 0 Å². The Balaban J connectivity index is 2.21. The first-order chi connectivity index (χ1) is 11.7. The van der Waals surface area contributed by atoms with Crippen molar-refractivity contribution in [1.82, 2.24) is 0 Å². The highest BCUT2D eigenvalue weighted by atomic mass is 19.1. The largest absolute Gasteiger partial charge is 0.460 e. The Morgan fingerprint density at radius 1 is 1.20 bits per heavy atom. The molecule has 6 heteroatoms. The number of hydrogen-bond acceptors (Lipinski definition) is 4. The summed E-state index contributed by atoms with van der Waals surface area (Å²) in [4.78, 5) is 11.9. The third-order valence-electron chi connectivity index (χ3n) is 3.03. The Labute approximate surface area is 144 Å². The first kappa shape index (κ1) is 18.4. The third-order valence-corrected chi connectivity index (χ3v) is 3.03. The molecule has 0 bridgehead atoms. The van der Waals surface area contributed by atoms with E-state index in [9.17, 15) is 13.6 Å². The molecule has 2 aromatic carbocycles. The zero-order valence-corrected chi connectivity index (χ0v) is 14.1. The average molecular weight is 345 g/mol. The molecule has 130 valence electrons. The molecule has 0 aliphatic rings. The second-order valence-corrected chi connectivity index (χ2v) is 6.39. The Bertz CT molecular complexity index is 836. The van der Waals surface area contributed by atoms with Gasteiger partial charge in [0.2, 0.25) is 0 Å². The number of esters is 1. The van der Waals surface area contributed by atoms with Gasteiger partial charge in [0.1, 0.15) is 34.6 Å². The maximum Gasteiger partial charge on any atom is 0.310 e. The molecule has 0 saturated heterocycles. The summed E-state index contributed by atoms with van der Waals surface area (Å²) in [6.07, 6.45) is 0.0249. The molecule has 2 aromatic rings. The molecule has 0 saturated carbocycles. The van der Waals surface area contributed by atoms with Gasteiger partial charge in [-0.05, 0) is 38.5 Å². The summed E-state index contributed by atoms with van der Waals surface area (Å²) in [5.41, 5.74) is -0.368. The van der Waals surface area contributed by atoms with E-state index in [4.69, 9.17) is 14.7 Å². The molecule has 25 heavy (non-hydrogen) atoms. The molecule has 0 fully saturated rings. The lowest BCUT2D eigenvalue weighted by atomic mass is 10.1. The van der Waals surface area contributed by atoms with Gasteiger partial charge in [-0.15, -0.1) is 0 Å². The van der Waals surface area contributed by atoms with Gasteiger partial charge < -0.3 is 9.47 Å². The number of carbonyl (C=O) groups excluding carboxylic acids is 1. The van der Waals surface area contributed by atoms with E-state index in [1.165, 1.54) is 0 Å². The SMILES string of the molecule is CC(C)(C)OC(=O)Cc1cccc(Oc2cc(F)cc(F)c2C#N)c1. The van der Waals surface area contributed by atoms with Crippen molar-refractivity contribution in [1.29, 1.82) is 5.26 Å². The minimum Gasteiger partial charge on any atom is -0.460 e. The summed E-state index contributed by atoms with van der Waals surface area (Å²) >= 11 is 0. The fraction of sp³-hybridized carbons (Fsp3) is 0.263. The zero-order chi connectivity index (χ0) is 18.6. The Hall–Kier alpha value is -2.94. The number of nitrogens with zero attached hydrogens (tertiary/aromatic N) is 1. The van der Waals surface area contributed by atoms with Crippen LogP contribution >= 0.6 is 0 Å². The Morgan fingerprint density at radius 2 is 1.92 bits per heavy atom. The van der Waals surface area contributed by atoms with Crippen LogP contribution in [0.1, 0.15) is 31.9 Å². The first-order valence-corrected chi connectivity index (χ1v) is 7.56. The van der Waals surface area contributed by atoms with Gasteiger partial charge in [-0.25, -0.2) is 8.78 Å². The first-order valence-electron chi connectivity index (χ1n) is 7.56. The van der Waals surface area contributed by atoms with Crippen LogP contribution in [-0.2, 0) is 16.0 Å². The number of rotatable bonds is 4. The van der Waals surface area contributed by atoms with Crippen molar-refractivity contribution in [2.75, 3.05) is 0 Å². The maximum absolute atomic E-state index is 13.6. The van der Waals surface area contributed by atoms with Gasteiger partial charge in [-0.2, -0.15) is 5.26 Å². The van der Waals surface area contributed by atoms with Crippen molar-refractivity contribution < 1.29 is 23.0 Å². The molecule has 0 N–H and O–H groups in total. The number of halogens is 2. The highest BCUT2D eigenvalue weighted by Crippen LogP contribution is 2.28. The van der Waals surface area contributed by atoms with Gasteiger partial charge in [0.25, 0.3) is 0 Å². The van der Waals surface area contributed by atoms with Gasteiger partial charge in [-0.1, -0.05) is 12.1 Å². The lowest BCUT2D eigenvalue weighted by Crippen LogP contribution is -2.24. The summed E-state index contributed by atoms with van der Waals surface area (Å²) in [5.74, 6) is -2.23. The minimum atomic E-state index is -0.998. The Kier molecular flexibility index (Phi) is 5.38. The lowest BCUT2D eigenvalue weighted by Gasteiger charge is -2.19. The summed E-state index contributed by atoms with van der Waals surface area (Å²) < 4.78 is 37.7. The summed E-state index contributed by atoms with van der Waals surface area (Å²) in [5, 5.41) is 9.00. The Morgan fingerprint density at radius 3 is 2.56 bits per heavy atom. The van der Waals surface area contributed by atoms with Crippen molar-refractivity contribution in [3.8, 4) is 17.6 Å². The van der Waals surface area contributed by atoms with E-state index in [1.54, 1.807) is 51.1 Å². The van der Waals surface area contributed by atoms with Crippen molar-refractivity contribution in [2.24, 2.45) is 0 Å². The molecule has 0 aromatic heterocycles. The molecular formula is C19H17F2NO3. The quantitative estimate of drug-likeness (QED) is 0.765. The van der Waals surface area contributed by atoms with Crippen molar-refractivity contribution in [2.45, 2.75) is 32.8 Å². The molecule has 2 rings (SSSR count). The van der Waals surface area contributed by atoms with Crippen molar-refractivity contribution in [3.63, 3.8) is 0 Å². The number of benzene rings is 2. The van der Waals surface area contributed by atoms with Gasteiger partial charge in [0.05, 0.1) is 6.42 Å². The molecule has 0 radical (unpaired) electrons. The molecule has 0 amide bonds. The van der Waals surface area contributed by atoms with Crippen LogP contribution in [0.2, 0.25) is 0 Å². The van der Waals surface area contributed by atoms with E-state index in [1.807, 2.05) is 0 Å². The molecule has 0 aliphatic heterocycles.